The molecule has 4 aromatic rings. The number of likely N-dealkylation sites (tertiary alicyclic amines) is 1. The second-order valence-electron chi connectivity index (χ2n) is 13.4. The van der Waals surface area contributed by atoms with Crippen molar-refractivity contribution in [3.05, 3.63) is 117 Å². The Morgan fingerprint density at radius 1 is 1.02 bits per heavy atom. The molecule has 13 nitrogen and oxygen atoms in total. The molecule has 3 saturated heterocycles. The van der Waals surface area contributed by atoms with E-state index >= 15 is 0 Å². The average molecular weight is 772 g/mol. The summed E-state index contributed by atoms with van der Waals surface area (Å²) in [4.78, 5) is 56.1. The Morgan fingerprint density at radius 3 is 2.43 bits per heavy atom. The molecule has 278 valence electrons. The number of esters is 1. The van der Waals surface area contributed by atoms with Crippen molar-refractivity contribution in [1.82, 2.24) is 25.0 Å². The molecule has 0 spiro atoms. The number of amidine groups is 1. The molecule has 3 aromatic carbocycles. The summed E-state index contributed by atoms with van der Waals surface area (Å²) >= 11 is 7.90. The highest BCUT2D eigenvalue weighted by Gasteiger charge is 2.42. The minimum atomic E-state index is -0.868. The van der Waals surface area contributed by atoms with Crippen molar-refractivity contribution in [1.29, 1.82) is 0 Å². The molecule has 1 aromatic heterocycles. The molecule has 0 saturated carbocycles. The number of benzene rings is 3. The first-order valence-electron chi connectivity index (χ1n) is 17.3. The Labute approximate surface area is 318 Å². The van der Waals surface area contributed by atoms with Crippen molar-refractivity contribution in [3.8, 4) is 11.5 Å². The van der Waals surface area contributed by atoms with Crippen molar-refractivity contribution in [3.63, 3.8) is 0 Å². The fourth-order valence-corrected chi connectivity index (χ4v) is 7.98. The summed E-state index contributed by atoms with van der Waals surface area (Å²) in [5.41, 5.74) is 2.54. The number of nitrogens with one attached hydrogen (secondary N) is 1. The minimum Gasteiger partial charge on any atom is -0.466 e. The van der Waals surface area contributed by atoms with Gasteiger partial charge in [0.15, 0.2) is 10.8 Å². The van der Waals surface area contributed by atoms with Crippen molar-refractivity contribution < 1.29 is 33.4 Å². The van der Waals surface area contributed by atoms with Gasteiger partial charge in [0, 0.05) is 84.9 Å². The summed E-state index contributed by atoms with van der Waals surface area (Å²) in [5, 5.41) is 15.4. The first kappa shape index (κ1) is 35.7. The van der Waals surface area contributed by atoms with E-state index in [1.807, 2.05) is 22.4 Å². The van der Waals surface area contributed by atoms with E-state index in [0.29, 0.717) is 85.0 Å². The molecule has 54 heavy (non-hydrogen) atoms. The van der Waals surface area contributed by atoms with Crippen LogP contribution < -0.4 is 15.0 Å². The topological polar surface area (TPSA) is 140 Å². The predicted molar refractivity (Wildman–Crippen MR) is 200 cm³/mol. The molecule has 3 fully saturated rings. The number of carbonyl (C=O) groups is 3. The number of aromatic nitrogens is 1. The Hall–Kier alpha value is -5.35. The molecule has 16 heteroatoms. The third kappa shape index (κ3) is 7.02. The lowest BCUT2D eigenvalue weighted by Crippen LogP contribution is -2.53. The quantitative estimate of drug-likeness (QED) is 0.232. The normalized spacial score (nSPS) is 20.3. The van der Waals surface area contributed by atoms with Crippen LogP contribution >= 0.6 is 22.9 Å². The van der Waals surface area contributed by atoms with Gasteiger partial charge < -0.3 is 29.7 Å². The van der Waals surface area contributed by atoms with E-state index in [1.165, 1.54) is 36.6 Å². The maximum absolute atomic E-state index is 14.1. The lowest BCUT2D eigenvalue weighted by Gasteiger charge is -2.38. The largest absolute Gasteiger partial charge is 0.466 e. The van der Waals surface area contributed by atoms with Gasteiger partial charge in [0.2, 0.25) is 0 Å². The average Bonchev–Trinajstić information content (AvgIpc) is 3.82. The lowest BCUT2D eigenvalue weighted by atomic mass is 9.95. The summed E-state index contributed by atoms with van der Waals surface area (Å²) in [5.74, 6) is 0.379. The number of hydrogen-bond acceptors (Lipinski definition) is 11. The zero-order valence-corrected chi connectivity index (χ0v) is 30.6. The molecule has 2 N–H and O–H groups in total. The molecule has 5 heterocycles. The number of fused-ring (bicyclic) bond motifs is 1. The van der Waals surface area contributed by atoms with Crippen LogP contribution in [0.4, 0.5) is 14.9 Å². The van der Waals surface area contributed by atoms with E-state index in [-0.39, 0.29) is 28.6 Å². The van der Waals surface area contributed by atoms with Gasteiger partial charge in [-0.3, -0.25) is 19.6 Å². The highest BCUT2D eigenvalue weighted by atomic mass is 35.5. The van der Waals surface area contributed by atoms with Gasteiger partial charge in [-0.15, -0.1) is 11.3 Å². The van der Waals surface area contributed by atoms with Gasteiger partial charge in [0.1, 0.15) is 23.4 Å². The Morgan fingerprint density at radius 2 is 1.76 bits per heavy atom. The molecule has 2 unspecified atom stereocenters. The summed E-state index contributed by atoms with van der Waals surface area (Å²) in [6, 6.07) is 17.1. The van der Waals surface area contributed by atoms with Crippen LogP contribution in [0, 0.1) is 5.82 Å². The van der Waals surface area contributed by atoms with Crippen molar-refractivity contribution in [2.24, 2.45) is 4.99 Å². The van der Waals surface area contributed by atoms with Crippen LogP contribution in [0.2, 0.25) is 5.02 Å². The fraction of sp³-hybridized carbons (Fsp3) is 0.289. The number of thiazole rings is 1. The number of aliphatic hydroxyl groups excluding tert-OH is 1. The van der Waals surface area contributed by atoms with Gasteiger partial charge in [0.05, 0.1) is 24.8 Å². The van der Waals surface area contributed by atoms with Crippen LogP contribution in [0.5, 0.6) is 11.5 Å². The van der Waals surface area contributed by atoms with E-state index in [1.54, 1.807) is 52.4 Å². The van der Waals surface area contributed by atoms with Crippen LogP contribution in [-0.2, 0) is 9.53 Å². The summed E-state index contributed by atoms with van der Waals surface area (Å²) < 4.78 is 25.3. The van der Waals surface area contributed by atoms with Crippen LogP contribution in [0.15, 0.2) is 94.6 Å². The second-order valence-corrected chi connectivity index (χ2v) is 14.7. The molecule has 2 atom stereocenters. The number of anilines is 1. The monoisotopic (exact) mass is 771 g/mol. The maximum Gasteiger partial charge on any atom is 0.338 e. The maximum atomic E-state index is 14.1. The van der Waals surface area contributed by atoms with Gasteiger partial charge in [-0.05, 0) is 60.7 Å². The lowest BCUT2D eigenvalue weighted by molar-refractivity contribution is -0.136. The van der Waals surface area contributed by atoms with E-state index < -0.39 is 23.9 Å². The number of β-amino-alcohol motifs (C(OH)–C–C–N with tert-alkyl or cyclic N) is 1. The number of methoxy groups -OCH3 is 1. The first-order valence-corrected chi connectivity index (χ1v) is 18.6. The minimum absolute atomic E-state index is 0.0854. The Balaban J connectivity index is 0.957. The van der Waals surface area contributed by atoms with Crippen molar-refractivity contribution in [2.45, 2.75) is 18.2 Å². The number of aliphatic hydroxyl groups is 1. The first-order chi connectivity index (χ1) is 26.1. The predicted octanol–water partition coefficient (Wildman–Crippen LogP) is 4.69. The van der Waals surface area contributed by atoms with Gasteiger partial charge in [0.25, 0.3) is 5.91 Å². The number of amides is 3. The van der Waals surface area contributed by atoms with Crippen LogP contribution in [0.1, 0.15) is 27.0 Å². The number of halogens is 2. The second kappa shape index (κ2) is 14.8. The van der Waals surface area contributed by atoms with E-state index in [9.17, 15) is 23.9 Å². The molecular weight excluding hydrogens is 737 g/mol. The number of rotatable bonds is 9. The van der Waals surface area contributed by atoms with Crippen LogP contribution in [0.25, 0.3) is 0 Å². The fourth-order valence-electron chi connectivity index (χ4n) is 7.12. The zero-order chi connectivity index (χ0) is 37.5. The van der Waals surface area contributed by atoms with E-state index in [2.05, 4.69) is 15.2 Å². The Bertz CT molecular complexity index is 2140. The number of nitrogens with zero attached hydrogens (tertiary/aromatic N) is 6. The van der Waals surface area contributed by atoms with Gasteiger partial charge in [-0.1, -0.05) is 17.7 Å². The van der Waals surface area contributed by atoms with E-state index in [0.717, 1.165) is 5.69 Å². The van der Waals surface area contributed by atoms with Crippen molar-refractivity contribution >= 4 is 52.4 Å². The van der Waals surface area contributed by atoms with Gasteiger partial charge >= 0.3 is 12.0 Å². The highest BCUT2D eigenvalue weighted by Crippen LogP contribution is 2.37. The highest BCUT2D eigenvalue weighted by molar-refractivity contribution is 7.11. The number of piperazine rings is 1. The zero-order valence-electron chi connectivity index (χ0n) is 29.0. The summed E-state index contributed by atoms with van der Waals surface area (Å²) in [6.45, 7) is 3.06. The molecule has 4 aliphatic heterocycles. The molecule has 4 aliphatic rings. The SMILES string of the molecule is COC(=O)C1=C(CN2CCN3C(=O)N(c4ccc(Oc5ccc(C(=O)N6CC(O)C6)cc5)cc4)CC3C2)NC(c2nccs2)=NC1c1ccc(F)cc1Cl. The molecule has 0 aliphatic carbocycles. The number of aliphatic imine (C=N–C) groups is 1. The number of carbonyl (C=O) groups excluding carboxylic acids is 3. The third-order valence-corrected chi connectivity index (χ3v) is 11.0. The van der Waals surface area contributed by atoms with E-state index in [4.69, 9.17) is 26.1 Å². The van der Waals surface area contributed by atoms with Crippen molar-refractivity contribution in [2.75, 3.05) is 57.8 Å². The standard InChI is InChI=1S/C38H35ClFN7O6S/c1-52-37(50)32-31(42-34(35-41-12-15-54-35)43-33(32)29-11-4-23(40)16-30(29)39)21-44-13-14-46-25(17-44)18-47(38(46)51)24-5-9-28(10-6-24)53-27-7-2-22(3-8-27)36(49)45-19-26(48)20-45/h2-12,15-16,25-26,33,48H,13-14,17-21H2,1H3,(H,42,43). The number of hydrogen-bond donors (Lipinski definition) is 2. The molecule has 8 rings (SSSR count). The Kier molecular flexibility index (Phi) is 9.79. The van der Waals surface area contributed by atoms with Gasteiger partial charge in [-0.2, -0.15) is 0 Å². The molecule has 3 amide bonds. The van der Waals surface area contributed by atoms with Crippen LogP contribution in [0.3, 0.4) is 0 Å². The molecule has 0 bridgehead atoms. The number of ether oxygens (including phenoxy) is 2. The molecular formula is C38H35ClFN7O6S. The summed E-state index contributed by atoms with van der Waals surface area (Å²) in [6.07, 6.45) is 1.21. The van der Waals surface area contributed by atoms with Crippen LogP contribution in [-0.4, -0.2) is 114 Å². The summed E-state index contributed by atoms with van der Waals surface area (Å²) in [7, 11) is 1.30. The molecule has 0 radical (unpaired) electrons. The smallest absolute Gasteiger partial charge is 0.338 e. The third-order valence-electron chi connectivity index (χ3n) is 9.88. The number of urea groups is 1. The van der Waals surface area contributed by atoms with Gasteiger partial charge in [-0.25, -0.2) is 19.0 Å².